The fourth-order valence-corrected chi connectivity index (χ4v) is 2.97. The zero-order valence-electron chi connectivity index (χ0n) is 15.4. The lowest BCUT2D eigenvalue weighted by Crippen LogP contribution is -2.59. The Labute approximate surface area is 149 Å². The lowest BCUT2D eigenvalue weighted by Gasteiger charge is -2.40. The first kappa shape index (κ1) is 18.9. The lowest BCUT2D eigenvalue weighted by atomic mass is 9.85. The van der Waals surface area contributed by atoms with E-state index in [0.717, 1.165) is 24.5 Å². The number of carbonyl (C=O) groups excluding carboxylic acids is 2. The summed E-state index contributed by atoms with van der Waals surface area (Å²) in [5.74, 6) is 0.728. The van der Waals surface area contributed by atoms with E-state index >= 15 is 0 Å². The molecule has 1 heterocycles. The summed E-state index contributed by atoms with van der Waals surface area (Å²) in [6, 6.07) is 6.58. The molecule has 2 rings (SSSR count). The van der Waals surface area contributed by atoms with Crippen LogP contribution in [0, 0.1) is 5.41 Å². The van der Waals surface area contributed by atoms with E-state index in [9.17, 15) is 9.59 Å². The van der Waals surface area contributed by atoms with Crippen LogP contribution in [0.25, 0.3) is 0 Å². The Morgan fingerprint density at radius 2 is 1.84 bits per heavy atom. The number of methoxy groups -OCH3 is 1. The summed E-state index contributed by atoms with van der Waals surface area (Å²) in [6.07, 6.45) is 0. The van der Waals surface area contributed by atoms with Crippen molar-refractivity contribution >= 4 is 17.6 Å². The molecule has 7 heteroatoms. The highest BCUT2D eigenvalue weighted by Gasteiger charge is 2.36. The highest BCUT2D eigenvalue weighted by molar-refractivity contribution is 5.87. The molecule has 0 aliphatic carbocycles. The van der Waals surface area contributed by atoms with Crippen LogP contribution in [-0.4, -0.2) is 56.2 Å². The number of urea groups is 1. The molecule has 0 saturated carbocycles. The second-order valence-corrected chi connectivity index (χ2v) is 7.32. The van der Waals surface area contributed by atoms with Crippen LogP contribution in [0.3, 0.4) is 0 Å². The largest absolute Gasteiger partial charge is 0.497 e. The van der Waals surface area contributed by atoms with Gasteiger partial charge < -0.3 is 25.6 Å². The van der Waals surface area contributed by atoms with Crippen LogP contribution in [-0.2, 0) is 4.79 Å². The summed E-state index contributed by atoms with van der Waals surface area (Å²) in [4.78, 5) is 28.1. The van der Waals surface area contributed by atoms with Crippen LogP contribution in [0.2, 0.25) is 0 Å². The maximum atomic E-state index is 12.8. The third-order valence-corrected chi connectivity index (χ3v) is 4.41. The van der Waals surface area contributed by atoms with Crippen molar-refractivity contribution in [1.29, 1.82) is 0 Å². The standard InChI is InChI=1S/C18H28N4O3/c1-18(2,3)15(20-17(19)24)16(23)22-10-8-21(9-11-22)13-6-5-7-14(12-13)25-4/h5-7,12,15H,8-11H2,1-4H3,(H3,19,20,24)/t15-/m1/s1. The molecule has 0 bridgehead atoms. The van der Waals surface area contributed by atoms with Crippen molar-refractivity contribution in [2.45, 2.75) is 26.8 Å². The Morgan fingerprint density at radius 1 is 1.20 bits per heavy atom. The average Bonchev–Trinajstić information content (AvgIpc) is 2.58. The molecule has 1 saturated heterocycles. The summed E-state index contributed by atoms with van der Waals surface area (Å²) in [6.45, 7) is 8.40. The number of ether oxygens (including phenoxy) is 1. The second kappa shape index (κ2) is 7.63. The summed E-state index contributed by atoms with van der Waals surface area (Å²) in [7, 11) is 1.65. The van der Waals surface area contributed by atoms with Crippen molar-refractivity contribution < 1.29 is 14.3 Å². The van der Waals surface area contributed by atoms with Crippen molar-refractivity contribution in [3.63, 3.8) is 0 Å². The molecule has 138 valence electrons. The number of piperazine rings is 1. The Bertz CT molecular complexity index is 619. The topological polar surface area (TPSA) is 87.9 Å². The van der Waals surface area contributed by atoms with Gasteiger partial charge in [-0.15, -0.1) is 0 Å². The predicted molar refractivity (Wildman–Crippen MR) is 97.7 cm³/mol. The Balaban J connectivity index is 2.02. The van der Waals surface area contributed by atoms with Gasteiger partial charge in [0, 0.05) is 37.9 Å². The van der Waals surface area contributed by atoms with Crippen LogP contribution in [0.1, 0.15) is 20.8 Å². The Kier molecular flexibility index (Phi) is 5.77. The second-order valence-electron chi connectivity index (χ2n) is 7.32. The number of nitrogens with two attached hydrogens (primary N) is 1. The van der Waals surface area contributed by atoms with Crippen molar-refractivity contribution in [2.75, 3.05) is 38.2 Å². The van der Waals surface area contributed by atoms with E-state index in [0.29, 0.717) is 13.1 Å². The predicted octanol–water partition coefficient (Wildman–Crippen LogP) is 1.43. The Morgan fingerprint density at radius 3 is 2.36 bits per heavy atom. The summed E-state index contributed by atoms with van der Waals surface area (Å²) in [5.41, 5.74) is 5.91. The molecular weight excluding hydrogens is 320 g/mol. The molecule has 1 aromatic rings. The molecule has 1 aromatic carbocycles. The van der Waals surface area contributed by atoms with Crippen LogP contribution < -0.4 is 20.7 Å². The number of benzene rings is 1. The number of anilines is 1. The monoisotopic (exact) mass is 348 g/mol. The highest BCUT2D eigenvalue weighted by atomic mass is 16.5. The van der Waals surface area contributed by atoms with Crippen molar-refractivity contribution in [2.24, 2.45) is 11.1 Å². The molecule has 25 heavy (non-hydrogen) atoms. The van der Waals surface area contributed by atoms with E-state index in [4.69, 9.17) is 10.5 Å². The SMILES string of the molecule is COc1cccc(N2CCN(C(=O)[C@@H](NC(N)=O)C(C)(C)C)CC2)c1. The minimum atomic E-state index is -0.678. The number of rotatable bonds is 4. The number of nitrogens with one attached hydrogen (secondary N) is 1. The van der Waals surface area contributed by atoms with Gasteiger partial charge in [0.05, 0.1) is 7.11 Å². The molecule has 1 fully saturated rings. The van der Waals surface area contributed by atoms with E-state index in [1.165, 1.54) is 0 Å². The highest BCUT2D eigenvalue weighted by Crippen LogP contribution is 2.24. The number of amides is 3. The van der Waals surface area contributed by atoms with Crippen molar-refractivity contribution in [3.05, 3.63) is 24.3 Å². The van der Waals surface area contributed by atoms with Gasteiger partial charge in [0.1, 0.15) is 11.8 Å². The maximum absolute atomic E-state index is 12.8. The summed E-state index contributed by atoms with van der Waals surface area (Å²) < 4.78 is 5.27. The van der Waals surface area contributed by atoms with Crippen molar-refractivity contribution in [3.8, 4) is 5.75 Å². The zero-order chi connectivity index (χ0) is 18.6. The molecule has 1 atom stereocenters. The third-order valence-electron chi connectivity index (χ3n) is 4.41. The third kappa shape index (κ3) is 4.78. The summed E-state index contributed by atoms with van der Waals surface area (Å²) >= 11 is 0. The fraction of sp³-hybridized carbons (Fsp3) is 0.556. The molecular formula is C18H28N4O3. The quantitative estimate of drug-likeness (QED) is 0.861. The van der Waals surface area contributed by atoms with Gasteiger partial charge >= 0.3 is 6.03 Å². The van der Waals surface area contributed by atoms with Crippen LogP contribution in [0.5, 0.6) is 5.75 Å². The number of carbonyl (C=O) groups is 2. The minimum absolute atomic E-state index is 0.0865. The van der Waals surface area contributed by atoms with Gasteiger partial charge in [-0.05, 0) is 17.5 Å². The van der Waals surface area contributed by atoms with Gasteiger partial charge in [-0.2, -0.15) is 0 Å². The first-order chi connectivity index (χ1) is 11.7. The maximum Gasteiger partial charge on any atom is 0.312 e. The van der Waals surface area contributed by atoms with Gasteiger partial charge in [-0.3, -0.25) is 4.79 Å². The van der Waals surface area contributed by atoms with Gasteiger partial charge in [-0.25, -0.2) is 4.79 Å². The molecule has 0 spiro atoms. The average molecular weight is 348 g/mol. The molecule has 1 aliphatic heterocycles. The Hall–Kier alpha value is -2.44. The molecule has 7 nitrogen and oxygen atoms in total. The first-order valence-corrected chi connectivity index (χ1v) is 8.46. The molecule has 0 radical (unpaired) electrons. The molecule has 0 aromatic heterocycles. The summed E-state index contributed by atoms with van der Waals surface area (Å²) in [5, 5.41) is 2.59. The van der Waals surface area contributed by atoms with Crippen molar-refractivity contribution in [1.82, 2.24) is 10.2 Å². The van der Waals surface area contributed by atoms with Gasteiger partial charge in [-0.1, -0.05) is 26.8 Å². The normalized spacial score (nSPS) is 16.3. The molecule has 1 aliphatic rings. The van der Waals surface area contributed by atoms with E-state index in [1.54, 1.807) is 12.0 Å². The van der Waals surface area contributed by atoms with E-state index in [-0.39, 0.29) is 5.91 Å². The molecule has 0 unspecified atom stereocenters. The van der Waals surface area contributed by atoms with E-state index in [2.05, 4.69) is 10.2 Å². The first-order valence-electron chi connectivity index (χ1n) is 8.46. The number of primary amides is 1. The van der Waals surface area contributed by atoms with Gasteiger partial charge in [0.2, 0.25) is 5.91 Å². The molecule has 3 amide bonds. The van der Waals surface area contributed by atoms with Crippen LogP contribution >= 0.6 is 0 Å². The fourth-order valence-electron chi connectivity index (χ4n) is 2.97. The zero-order valence-corrected chi connectivity index (χ0v) is 15.4. The van der Waals surface area contributed by atoms with E-state index < -0.39 is 17.5 Å². The minimum Gasteiger partial charge on any atom is -0.497 e. The number of hydrogen-bond acceptors (Lipinski definition) is 4. The number of nitrogens with zero attached hydrogens (tertiary/aromatic N) is 2. The number of hydrogen-bond donors (Lipinski definition) is 2. The van der Waals surface area contributed by atoms with Gasteiger partial charge in [0.25, 0.3) is 0 Å². The van der Waals surface area contributed by atoms with Crippen LogP contribution in [0.4, 0.5) is 10.5 Å². The molecule has 3 N–H and O–H groups in total. The van der Waals surface area contributed by atoms with Crippen LogP contribution in [0.15, 0.2) is 24.3 Å². The van der Waals surface area contributed by atoms with E-state index in [1.807, 2.05) is 45.0 Å². The smallest absolute Gasteiger partial charge is 0.312 e. The van der Waals surface area contributed by atoms with Gasteiger partial charge in [0.15, 0.2) is 0 Å². The lowest BCUT2D eigenvalue weighted by molar-refractivity contribution is -0.136.